The number of hydrogen-bond acceptors (Lipinski definition) is 4. The number of anilines is 1. The van der Waals surface area contributed by atoms with Gasteiger partial charge in [0.15, 0.2) is 0 Å². The van der Waals surface area contributed by atoms with Gasteiger partial charge < -0.3 is 10.6 Å². The van der Waals surface area contributed by atoms with Crippen LogP contribution in [-0.4, -0.2) is 46.2 Å². The Morgan fingerprint density at radius 1 is 1.25 bits per heavy atom. The normalized spacial score (nSPS) is 31.5. The maximum absolute atomic E-state index is 14.1. The van der Waals surface area contributed by atoms with Crippen LogP contribution >= 0.6 is 11.8 Å². The number of nitrogens with zero attached hydrogens (tertiary/aromatic N) is 1. The number of imide groups is 1. The van der Waals surface area contributed by atoms with Crippen LogP contribution in [0.3, 0.4) is 0 Å². The fourth-order valence-corrected chi connectivity index (χ4v) is 5.62. The molecule has 0 saturated carbocycles. The van der Waals surface area contributed by atoms with E-state index in [9.17, 15) is 18.8 Å². The Morgan fingerprint density at radius 3 is 2.61 bits per heavy atom. The molecule has 2 saturated heterocycles. The van der Waals surface area contributed by atoms with E-state index in [1.54, 1.807) is 11.8 Å². The lowest BCUT2D eigenvalue weighted by molar-refractivity contribution is -0.733. The molecule has 0 aromatic heterocycles. The molecule has 3 aliphatic rings. The Balaban J connectivity index is 1.89. The second-order valence-corrected chi connectivity index (χ2v) is 9.80. The minimum absolute atomic E-state index is 0.207. The van der Waals surface area contributed by atoms with Gasteiger partial charge in [0.2, 0.25) is 17.4 Å². The van der Waals surface area contributed by atoms with Crippen LogP contribution < -0.4 is 10.6 Å². The van der Waals surface area contributed by atoms with Crippen molar-refractivity contribution >= 4 is 35.2 Å². The lowest BCUT2D eigenvalue weighted by Gasteiger charge is -2.33. The van der Waals surface area contributed by atoms with Crippen LogP contribution in [0.25, 0.3) is 0 Å². The molecule has 1 aromatic carbocycles. The minimum atomic E-state index is -1.29. The number of hydrogen-bond donors (Lipinski definition) is 2. The summed E-state index contributed by atoms with van der Waals surface area (Å²) in [4.78, 5) is 41.3. The number of carbonyl (C=O) groups is 3. The lowest BCUT2D eigenvalue weighted by Crippen LogP contribution is -2.99. The molecule has 1 spiro atoms. The Morgan fingerprint density at radius 2 is 1.96 bits per heavy atom. The predicted molar refractivity (Wildman–Crippen MR) is 104 cm³/mol. The number of quaternary nitrogens is 1. The first-order valence-electron chi connectivity index (χ1n) is 9.47. The van der Waals surface area contributed by atoms with Gasteiger partial charge in [-0.05, 0) is 51.0 Å². The molecule has 3 aliphatic heterocycles. The molecule has 1 aromatic rings. The highest BCUT2D eigenvalue weighted by Gasteiger charge is 2.74. The van der Waals surface area contributed by atoms with Gasteiger partial charge in [-0.2, -0.15) is 11.8 Å². The molecule has 4 rings (SSSR count). The van der Waals surface area contributed by atoms with Crippen LogP contribution in [0, 0.1) is 17.7 Å². The number of thioether (sulfide) groups is 1. The summed E-state index contributed by atoms with van der Waals surface area (Å²) >= 11 is 1.66. The largest absolute Gasteiger partial charge is 0.326 e. The summed E-state index contributed by atoms with van der Waals surface area (Å²) in [5.41, 5.74) is -0.987. The third-order valence-corrected chi connectivity index (χ3v) is 6.80. The quantitative estimate of drug-likeness (QED) is 0.736. The molecule has 4 atom stereocenters. The molecular weight excluding hydrogens is 381 g/mol. The van der Waals surface area contributed by atoms with Gasteiger partial charge in [-0.15, -0.1) is 0 Å². The summed E-state index contributed by atoms with van der Waals surface area (Å²) < 4.78 is 14.1. The summed E-state index contributed by atoms with van der Waals surface area (Å²) in [5, 5.41) is 4.67. The van der Waals surface area contributed by atoms with E-state index in [1.807, 2.05) is 32.3 Å². The maximum atomic E-state index is 14.1. The highest BCUT2D eigenvalue weighted by molar-refractivity contribution is 7.98. The van der Waals surface area contributed by atoms with Crippen molar-refractivity contribution in [3.8, 4) is 0 Å². The van der Waals surface area contributed by atoms with Crippen LogP contribution in [0.15, 0.2) is 18.2 Å². The SMILES string of the molecule is CSCC[C@H]1[NH2+][C@@]2(C(=O)Nc3ccc(F)cc32)[C@@H]2C(=O)N(C(C)(C)C)C(=O)[C@@H]21. The third kappa shape index (κ3) is 2.47. The highest BCUT2D eigenvalue weighted by atomic mass is 32.2. The van der Waals surface area contributed by atoms with Crippen molar-refractivity contribution in [2.45, 2.75) is 44.3 Å². The summed E-state index contributed by atoms with van der Waals surface area (Å²) in [6.07, 6.45) is 2.68. The van der Waals surface area contributed by atoms with E-state index in [0.29, 0.717) is 17.7 Å². The Kier molecular flexibility index (Phi) is 4.35. The number of amides is 3. The van der Waals surface area contributed by atoms with Crippen molar-refractivity contribution < 1.29 is 24.1 Å². The van der Waals surface area contributed by atoms with Crippen molar-refractivity contribution in [1.82, 2.24) is 4.90 Å². The van der Waals surface area contributed by atoms with Crippen LogP contribution in [0.5, 0.6) is 0 Å². The standard InChI is InChI=1S/C20H24FN3O3S/c1-19(2,3)24-16(25)14-13(7-8-28-4)23-20(15(14)17(24)26)11-9-10(21)5-6-12(11)22-18(20)27/h5-6,9,13-15,23H,7-8H2,1-4H3,(H,22,27)/p+1/t13-,14-,15+,20-/m1/s1. The minimum Gasteiger partial charge on any atom is -0.326 e. The van der Waals surface area contributed by atoms with Gasteiger partial charge in [-0.1, -0.05) is 0 Å². The van der Waals surface area contributed by atoms with E-state index >= 15 is 0 Å². The van der Waals surface area contributed by atoms with Gasteiger partial charge in [0.05, 0.1) is 5.69 Å². The molecule has 28 heavy (non-hydrogen) atoms. The highest BCUT2D eigenvalue weighted by Crippen LogP contribution is 2.50. The topological polar surface area (TPSA) is 83.1 Å². The summed E-state index contributed by atoms with van der Waals surface area (Å²) in [6.45, 7) is 5.46. The van der Waals surface area contributed by atoms with E-state index in [0.717, 1.165) is 5.75 Å². The number of nitrogens with two attached hydrogens (primary N) is 1. The Labute approximate surface area is 167 Å². The van der Waals surface area contributed by atoms with Gasteiger partial charge in [-0.3, -0.25) is 19.3 Å². The van der Waals surface area contributed by atoms with E-state index in [2.05, 4.69) is 5.32 Å². The molecule has 3 N–H and O–H groups in total. The van der Waals surface area contributed by atoms with Crippen molar-refractivity contribution in [1.29, 1.82) is 0 Å². The zero-order valence-electron chi connectivity index (χ0n) is 16.4. The molecule has 6 nitrogen and oxygen atoms in total. The number of rotatable bonds is 3. The third-order valence-electron chi connectivity index (χ3n) is 6.16. The van der Waals surface area contributed by atoms with Crippen LogP contribution in [0.2, 0.25) is 0 Å². The fourth-order valence-electron chi connectivity index (χ4n) is 5.11. The maximum Gasteiger partial charge on any atom is 0.291 e. The monoisotopic (exact) mass is 406 g/mol. The first kappa shape index (κ1) is 19.4. The van der Waals surface area contributed by atoms with Crippen molar-refractivity contribution in [3.63, 3.8) is 0 Å². The summed E-state index contributed by atoms with van der Waals surface area (Å²) in [5.74, 6) is -1.96. The van der Waals surface area contributed by atoms with E-state index in [1.165, 1.54) is 23.1 Å². The molecule has 0 radical (unpaired) electrons. The van der Waals surface area contributed by atoms with Gasteiger partial charge in [0.25, 0.3) is 5.91 Å². The molecule has 2 fully saturated rings. The van der Waals surface area contributed by atoms with Gasteiger partial charge >= 0.3 is 0 Å². The first-order chi connectivity index (χ1) is 13.1. The van der Waals surface area contributed by atoms with Crippen LogP contribution in [0.4, 0.5) is 10.1 Å². The molecule has 0 bridgehead atoms. The fraction of sp³-hybridized carbons (Fsp3) is 0.550. The van der Waals surface area contributed by atoms with Crippen LogP contribution in [0.1, 0.15) is 32.8 Å². The first-order valence-corrected chi connectivity index (χ1v) is 10.9. The van der Waals surface area contributed by atoms with Crippen molar-refractivity contribution in [3.05, 3.63) is 29.6 Å². The number of carbonyl (C=O) groups excluding carboxylic acids is 3. The number of benzene rings is 1. The van der Waals surface area contributed by atoms with Gasteiger partial charge in [0.1, 0.15) is 23.7 Å². The van der Waals surface area contributed by atoms with E-state index in [4.69, 9.17) is 0 Å². The number of halogens is 1. The summed E-state index contributed by atoms with van der Waals surface area (Å²) in [7, 11) is 0. The predicted octanol–water partition coefficient (Wildman–Crippen LogP) is 1.07. The van der Waals surface area contributed by atoms with Crippen molar-refractivity contribution in [2.24, 2.45) is 11.8 Å². The van der Waals surface area contributed by atoms with Gasteiger partial charge in [-0.25, -0.2) is 4.39 Å². The number of likely N-dealkylation sites (tertiary alicyclic amines) is 1. The molecule has 0 aliphatic carbocycles. The molecule has 3 heterocycles. The lowest BCUT2D eigenvalue weighted by atomic mass is 9.76. The smallest absolute Gasteiger partial charge is 0.291 e. The van der Waals surface area contributed by atoms with Crippen molar-refractivity contribution in [2.75, 3.05) is 17.3 Å². The Bertz CT molecular complexity index is 884. The average Bonchev–Trinajstić information content (AvgIpc) is 3.18. The molecule has 150 valence electrons. The Hall–Kier alpha value is -1.93. The zero-order chi connectivity index (χ0) is 20.4. The molecule has 0 unspecified atom stereocenters. The second-order valence-electron chi connectivity index (χ2n) is 8.81. The van der Waals surface area contributed by atoms with Gasteiger partial charge in [0, 0.05) is 17.5 Å². The second kappa shape index (κ2) is 6.29. The number of fused-ring (bicyclic) bond motifs is 4. The number of nitrogens with one attached hydrogen (secondary N) is 1. The molecule has 3 amide bonds. The zero-order valence-corrected chi connectivity index (χ0v) is 17.2. The summed E-state index contributed by atoms with van der Waals surface area (Å²) in [6, 6.07) is 3.94. The van der Waals surface area contributed by atoms with E-state index < -0.39 is 28.7 Å². The van der Waals surface area contributed by atoms with Crippen LogP contribution in [-0.2, 0) is 19.9 Å². The van der Waals surface area contributed by atoms with E-state index in [-0.39, 0.29) is 23.8 Å². The molecular formula is C20H25FN3O3S+. The average molecular weight is 407 g/mol. The molecule has 8 heteroatoms.